The maximum Gasteiger partial charge on any atom is 0.408 e. The lowest BCUT2D eigenvalue weighted by Crippen LogP contribution is -2.30. The van der Waals surface area contributed by atoms with Crippen molar-refractivity contribution in [2.75, 3.05) is 13.2 Å². The molecule has 1 atom stereocenters. The van der Waals surface area contributed by atoms with E-state index in [4.69, 9.17) is 43.8 Å². The fourth-order valence-corrected chi connectivity index (χ4v) is 2.28. The zero-order chi connectivity index (χ0) is 18.9. The number of nitrogens with one attached hydrogen (secondary N) is 1. The number of amides is 1. The van der Waals surface area contributed by atoms with Crippen LogP contribution >= 0.6 is 23.2 Å². The van der Waals surface area contributed by atoms with Crippen LogP contribution in [-0.2, 0) is 4.74 Å². The van der Waals surface area contributed by atoms with Gasteiger partial charge in [0.05, 0.1) is 11.6 Å². The van der Waals surface area contributed by atoms with Gasteiger partial charge in [0, 0.05) is 11.1 Å². The number of carbonyl (C=O) groups is 1. The van der Waals surface area contributed by atoms with E-state index in [1.807, 2.05) is 0 Å². The minimum absolute atomic E-state index is 0.216. The van der Waals surface area contributed by atoms with Gasteiger partial charge in [0.25, 0.3) is 0 Å². The molecule has 0 heterocycles. The first kappa shape index (κ1) is 19.8. The zero-order valence-corrected chi connectivity index (χ0v) is 15.5. The number of carbonyl (C=O) groups excluding carboxylic acids is 1. The van der Waals surface area contributed by atoms with E-state index in [2.05, 4.69) is 11.2 Å². The Labute approximate surface area is 162 Å². The second kappa shape index (κ2) is 9.81. The molecule has 0 aliphatic carbocycles. The number of benzene rings is 2. The van der Waals surface area contributed by atoms with Crippen LogP contribution in [0.15, 0.2) is 42.5 Å². The molecule has 1 N–H and O–H groups in total. The monoisotopic (exact) mass is 393 g/mol. The summed E-state index contributed by atoms with van der Waals surface area (Å²) in [7, 11) is 0. The molecule has 0 radical (unpaired) electrons. The van der Waals surface area contributed by atoms with Crippen molar-refractivity contribution in [3.63, 3.8) is 0 Å². The standard InChI is InChI=1S/C19H17Cl2NO4/c1-3-13(2)25-19(23)22-9-10-24-18-8-7-16(12-17(18)21)26-15-6-4-5-14(20)11-15/h1,4-8,11-13H,9-10H2,2H3,(H,22,23). The number of ether oxygens (including phenoxy) is 3. The van der Waals surface area contributed by atoms with Crippen molar-refractivity contribution in [1.82, 2.24) is 5.32 Å². The summed E-state index contributed by atoms with van der Waals surface area (Å²) < 4.78 is 16.1. The molecular weight excluding hydrogens is 377 g/mol. The fraction of sp³-hybridized carbons (Fsp3) is 0.211. The number of hydrogen-bond acceptors (Lipinski definition) is 4. The summed E-state index contributed by atoms with van der Waals surface area (Å²) in [5, 5.41) is 3.49. The Balaban J connectivity index is 1.82. The van der Waals surface area contributed by atoms with Crippen molar-refractivity contribution >= 4 is 29.3 Å². The molecule has 0 spiro atoms. The van der Waals surface area contributed by atoms with Crippen LogP contribution in [0, 0.1) is 12.3 Å². The van der Waals surface area contributed by atoms with Gasteiger partial charge in [0.2, 0.25) is 0 Å². The normalized spacial score (nSPS) is 11.2. The fourth-order valence-electron chi connectivity index (χ4n) is 1.88. The molecular formula is C19H17Cl2NO4. The lowest BCUT2D eigenvalue weighted by molar-refractivity contribution is 0.129. The van der Waals surface area contributed by atoms with Crippen LogP contribution in [-0.4, -0.2) is 25.3 Å². The van der Waals surface area contributed by atoms with Crippen LogP contribution in [0.1, 0.15) is 6.92 Å². The first-order chi connectivity index (χ1) is 12.5. The minimum Gasteiger partial charge on any atom is -0.490 e. The van der Waals surface area contributed by atoms with Crippen LogP contribution in [0.25, 0.3) is 0 Å². The summed E-state index contributed by atoms with van der Waals surface area (Å²) in [6, 6.07) is 12.1. The van der Waals surface area contributed by atoms with Crippen molar-refractivity contribution in [3.8, 4) is 29.6 Å². The molecule has 7 heteroatoms. The zero-order valence-electron chi connectivity index (χ0n) is 14.0. The van der Waals surface area contributed by atoms with Crippen molar-refractivity contribution < 1.29 is 19.0 Å². The van der Waals surface area contributed by atoms with E-state index in [1.165, 1.54) is 0 Å². The molecule has 26 heavy (non-hydrogen) atoms. The van der Waals surface area contributed by atoms with Gasteiger partial charge in [-0.25, -0.2) is 4.79 Å². The highest BCUT2D eigenvalue weighted by Gasteiger charge is 2.08. The topological polar surface area (TPSA) is 56.8 Å². The molecule has 0 aromatic heterocycles. The van der Waals surface area contributed by atoms with Crippen LogP contribution in [0.4, 0.5) is 4.79 Å². The van der Waals surface area contributed by atoms with Gasteiger partial charge in [0.1, 0.15) is 23.9 Å². The van der Waals surface area contributed by atoms with Crippen LogP contribution in [0.5, 0.6) is 17.2 Å². The molecule has 2 aromatic rings. The average Bonchev–Trinajstić information content (AvgIpc) is 2.60. The van der Waals surface area contributed by atoms with Gasteiger partial charge in [-0.1, -0.05) is 35.2 Å². The molecule has 1 unspecified atom stereocenters. The molecule has 0 aliphatic rings. The second-order valence-electron chi connectivity index (χ2n) is 5.14. The summed E-state index contributed by atoms with van der Waals surface area (Å²) >= 11 is 12.1. The van der Waals surface area contributed by atoms with E-state index in [0.717, 1.165) is 0 Å². The van der Waals surface area contributed by atoms with Crippen molar-refractivity contribution in [1.29, 1.82) is 0 Å². The summed E-state index contributed by atoms with van der Waals surface area (Å²) in [5.74, 6) is 3.92. The Hall–Kier alpha value is -2.55. The Morgan fingerprint density at radius 2 is 2.00 bits per heavy atom. The molecule has 0 fully saturated rings. The second-order valence-corrected chi connectivity index (χ2v) is 5.98. The minimum atomic E-state index is -0.601. The Bertz CT molecular complexity index is 804. The average molecular weight is 394 g/mol. The molecule has 2 rings (SSSR count). The molecule has 136 valence electrons. The first-order valence-electron chi connectivity index (χ1n) is 7.74. The highest BCUT2D eigenvalue weighted by molar-refractivity contribution is 6.32. The quantitative estimate of drug-likeness (QED) is 0.536. The number of rotatable bonds is 7. The van der Waals surface area contributed by atoms with Gasteiger partial charge in [0.15, 0.2) is 6.10 Å². The van der Waals surface area contributed by atoms with Gasteiger partial charge < -0.3 is 19.5 Å². The van der Waals surface area contributed by atoms with Crippen LogP contribution in [0.3, 0.4) is 0 Å². The highest BCUT2D eigenvalue weighted by Crippen LogP contribution is 2.31. The highest BCUT2D eigenvalue weighted by atomic mass is 35.5. The van der Waals surface area contributed by atoms with Crippen molar-refractivity contribution in [2.24, 2.45) is 0 Å². The third kappa shape index (κ3) is 6.40. The SMILES string of the molecule is C#CC(C)OC(=O)NCCOc1ccc(Oc2cccc(Cl)c2)cc1Cl. The maximum atomic E-state index is 11.4. The largest absolute Gasteiger partial charge is 0.490 e. The van der Waals surface area contributed by atoms with Gasteiger partial charge >= 0.3 is 6.09 Å². The number of alkyl carbamates (subject to hydrolysis) is 1. The summed E-state index contributed by atoms with van der Waals surface area (Å²) in [5.41, 5.74) is 0. The smallest absolute Gasteiger partial charge is 0.408 e. The Morgan fingerprint density at radius 3 is 2.69 bits per heavy atom. The lowest BCUT2D eigenvalue weighted by atomic mass is 10.3. The molecule has 0 bridgehead atoms. The molecule has 2 aromatic carbocycles. The molecule has 1 amide bonds. The van der Waals surface area contributed by atoms with Crippen molar-refractivity contribution in [3.05, 3.63) is 52.5 Å². The molecule has 0 aliphatic heterocycles. The lowest BCUT2D eigenvalue weighted by Gasteiger charge is -2.12. The third-order valence-electron chi connectivity index (χ3n) is 3.08. The molecule has 5 nitrogen and oxygen atoms in total. The molecule has 0 saturated heterocycles. The predicted octanol–water partition coefficient (Wildman–Crippen LogP) is 4.91. The third-order valence-corrected chi connectivity index (χ3v) is 3.61. The Morgan fingerprint density at radius 1 is 1.23 bits per heavy atom. The first-order valence-corrected chi connectivity index (χ1v) is 8.50. The summed E-state index contributed by atoms with van der Waals surface area (Å²) in [4.78, 5) is 11.4. The van der Waals surface area contributed by atoms with E-state index >= 15 is 0 Å². The van der Waals surface area contributed by atoms with Gasteiger partial charge in [-0.05, 0) is 37.3 Å². The molecule has 0 saturated carbocycles. The van der Waals surface area contributed by atoms with E-state index in [1.54, 1.807) is 49.4 Å². The van der Waals surface area contributed by atoms with Gasteiger partial charge in [-0.3, -0.25) is 0 Å². The number of hydrogen-bond donors (Lipinski definition) is 1. The van der Waals surface area contributed by atoms with Crippen molar-refractivity contribution in [2.45, 2.75) is 13.0 Å². The Kier molecular flexibility index (Phi) is 7.46. The van der Waals surface area contributed by atoms with E-state index in [9.17, 15) is 4.79 Å². The van der Waals surface area contributed by atoms with Gasteiger partial charge in [-0.15, -0.1) is 6.42 Å². The van der Waals surface area contributed by atoms with Crippen LogP contribution in [0.2, 0.25) is 10.0 Å². The predicted molar refractivity (Wildman–Crippen MR) is 101 cm³/mol. The number of halogens is 2. The maximum absolute atomic E-state index is 11.4. The van der Waals surface area contributed by atoms with Crippen LogP contribution < -0.4 is 14.8 Å². The van der Waals surface area contributed by atoms with E-state index < -0.39 is 12.2 Å². The van der Waals surface area contributed by atoms with E-state index in [-0.39, 0.29) is 13.2 Å². The summed E-state index contributed by atoms with van der Waals surface area (Å²) in [6.07, 6.45) is 3.94. The number of terminal acetylenes is 1. The summed E-state index contributed by atoms with van der Waals surface area (Å²) in [6.45, 7) is 2.06. The van der Waals surface area contributed by atoms with Gasteiger partial charge in [-0.2, -0.15) is 0 Å². The van der Waals surface area contributed by atoms with E-state index in [0.29, 0.717) is 27.3 Å².